The van der Waals surface area contributed by atoms with Crippen molar-refractivity contribution in [2.24, 2.45) is 4.99 Å². The number of hydrogen-bond acceptors (Lipinski definition) is 3. The van der Waals surface area contributed by atoms with Crippen molar-refractivity contribution in [1.82, 2.24) is 14.8 Å². The van der Waals surface area contributed by atoms with E-state index in [0.29, 0.717) is 0 Å². The number of halogens is 3. The Hall–Kier alpha value is -1.66. The van der Waals surface area contributed by atoms with Gasteiger partial charge in [0, 0.05) is 6.20 Å². The molecule has 0 aliphatic rings. The summed E-state index contributed by atoms with van der Waals surface area (Å²) in [5.74, 6) is -0.826. The fraction of sp³-hybridized carbons (Fsp3) is 0.375. The number of hydrogen-bond donors (Lipinski definition) is 0. The molecule has 0 aliphatic heterocycles. The SMILES string of the molecule is C=CN=C(C)n1c(C)nnc1C(F)(F)F. The van der Waals surface area contributed by atoms with Gasteiger partial charge < -0.3 is 0 Å². The van der Waals surface area contributed by atoms with Crippen LogP contribution >= 0.6 is 0 Å². The van der Waals surface area contributed by atoms with Crippen molar-refractivity contribution < 1.29 is 13.2 Å². The maximum Gasteiger partial charge on any atom is 0.452 e. The number of alkyl halides is 3. The summed E-state index contributed by atoms with van der Waals surface area (Å²) in [4.78, 5) is 3.67. The first-order valence-electron chi connectivity index (χ1n) is 4.03. The van der Waals surface area contributed by atoms with Crippen molar-refractivity contribution in [2.45, 2.75) is 20.0 Å². The topological polar surface area (TPSA) is 43.1 Å². The van der Waals surface area contributed by atoms with Crippen LogP contribution < -0.4 is 0 Å². The van der Waals surface area contributed by atoms with Crippen LogP contribution in [0.15, 0.2) is 17.8 Å². The number of aliphatic imine (C=N–C) groups is 1. The van der Waals surface area contributed by atoms with Gasteiger partial charge in [0.1, 0.15) is 11.7 Å². The van der Waals surface area contributed by atoms with E-state index in [1.807, 2.05) is 0 Å². The number of aryl methyl sites for hydroxylation is 1. The van der Waals surface area contributed by atoms with E-state index in [9.17, 15) is 13.2 Å². The van der Waals surface area contributed by atoms with Crippen molar-refractivity contribution in [3.8, 4) is 0 Å². The molecule has 1 rings (SSSR count). The van der Waals surface area contributed by atoms with E-state index in [0.717, 1.165) is 10.8 Å². The fourth-order valence-corrected chi connectivity index (χ4v) is 1.12. The van der Waals surface area contributed by atoms with E-state index < -0.39 is 12.0 Å². The Morgan fingerprint density at radius 2 is 2.07 bits per heavy atom. The molecule has 0 bridgehead atoms. The lowest BCUT2D eigenvalue weighted by atomic mass is 10.5. The van der Waals surface area contributed by atoms with Gasteiger partial charge in [-0.3, -0.25) is 4.57 Å². The molecule has 15 heavy (non-hydrogen) atoms. The maximum absolute atomic E-state index is 12.5. The largest absolute Gasteiger partial charge is 0.452 e. The fourth-order valence-electron chi connectivity index (χ4n) is 1.12. The Bertz CT molecular complexity index is 403. The second-order valence-corrected chi connectivity index (χ2v) is 2.76. The van der Waals surface area contributed by atoms with Crippen LogP contribution in [-0.2, 0) is 6.18 Å². The standard InChI is InChI=1S/C8H9F3N4/c1-4-12-5(2)15-6(3)13-14-7(15)8(9,10)11/h4H,1H2,2-3H3. The molecule has 0 N–H and O–H groups in total. The molecule has 0 aliphatic carbocycles. The molecular formula is C8H9F3N4. The molecule has 0 unspecified atom stereocenters. The smallest absolute Gasteiger partial charge is 0.263 e. The highest BCUT2D eigenvalue weighted by Gasteiger charge is 2.38. The van der Waals surface area contributed by atoms with Gasteiger partial charge in [0.05, 0.1) is 0 Å². The third-order valence-corrected chi connectivity index (χ3v) is 1.68. The van der Waals surface area contributed by atoms with Crippen LogP contribution in [0.3, 0.4) is 0 Å². The highest BCUT2D eigenvalue weighted by atomic mass is 19.4. The summed E-state index contributed by atoms with van der Waals surface area (Å²) < 4.78 is 38.2. The van der Waals surface area contributed by atoms with E-state index in [4.69, 9.17) is 0 Å². The number of aromatic nitrogens is 3. The van der Waals surface area contributed by atoms with Crippen LogP contribution in [0.4, 0.5) is 13.2 Å². The lowest BCUT2D eigenvalue weighted by molar-refractivity contribution is -0.145. The lowest BCUT2D eigenvalue weighted by Gasteiger charge is -2.09. The van der Waals surface area contributed by atoms with Gasteiger partial charge in [0.2, 0.25) is 5.82 Å². The van der Waals surface area contributed by atoms with E-state index >= 15 is 0 Å². The Kier molecular flexibility index (Phi) is 2.92. The van der Waals surface area contributed by atoms with Crippen LogP contribution in [0.25, 0.3) is 0 Å². The summed E-state index contributed by atoms with van der Waals surface area (Å²) in [5.41, 5.74) is 0. The van der Waals surface area contributed by atoms with E-state index in [1.165, 1.54) is 13.8 Å². The van der Waals surface area contributed by atoms with Gasteiger partial charge >= 0.3 is 6.18 Å². The monoisotopic (exact) mass is 218 g/mol. The minimum Gasteiger partial charge on any atom is -0.263 e. The van der Waals surface area contributed by atoms with Crippen LogP contribution in [0.5, 0.6) is 0 Å². The molecule has 0 saturated carbocycles. The van der Waals surface area contributed by atoms with Gasteiger partial charge in [0.15, 0.2) is 0 Å². The minimum absolute atomic E-state index is 0.125. The van der Waals surface area contributed by atoms with Crippen molar-refractivity contribution in [1.29, 1.82) is 0 Å². The molecule has 7 heteroatoms. The van der Waals surface area contributed by atoms with Crippen LogP contribution in [0, 0.1) is 6.92 Å². The summed E-state index contributed by atoms with van der Waals surface area (Å²) in [6, 6.07) is 0. The first kappa shape index (κ1) is 11.4. The predicted molar refractivity (Wildman–Crippen MR) is 48.5 cm³/mol. The number of nitrogens with zero attached hydrogens (tertiary/aromatic N) is 4. The molecular weight excluding hydrogens is 209 g/mol. The van der Waals surface area contributed by atoms with Gasteiger partial charge in [-0.1, -0.05) is 6.58 Å². The highest BCUT2D eigenvalue weighted by Crippen LogP contribution is 2.27. The van der Waals surface area contributed by atoms with Gasteiger partial charge in [-0.05, 0) is 13.8 Å². The second kappa shape index (κ2) is 3.84. The quantitative estimate of drug-likeness (QED) is 0.534. The molecule has 0 fully saturated rings. The first-order chi connectivity index (χ1) is 6.88. The molecule has 0 saturated heterocycles. The van der Waals surface area contributed by atoms with Crippen molar-refractivity contribution in [2.75, 3.05) is 0 Å². The average molecular weight is 218 g/mol. The van der Waals surface area contributed by atoms with E-state index in [2.05, 4.69) is 21.8 Å². The normalized spacial score (nSPS) is 13.0. The van der Waals surface area contributed by atoms with E-state index in [1.54, 1.807) is 0 Å². The van der Waals surface area contributed by atoms with Crippen molar-refractivity contribution in [3.63, 3.8) is 0 Å². The number of rotatable bonds is 1. The lowest BCUT2D eigenvalue weighted by Crippen LogP contribution is -2.20. The zero-order chi connectivity index (χ0) is 11.6. The molecule has 82 valence electrons. The Labute approximate surface area is 84.2 Å². The molecule has 0 spiro atoms. The summed E-state index contributed by atoms with van der Waals surface area (Å²) >= 11 is 0. The van der Waals surface area contributed by atoms with Crippen molar-refractivity contribution >= 4 is 5.84 Å². The molecule has 1 heterocycles. The molecule has 1 aromatic heterocycles. The van der Waals surface area contributed by atoms with E-state index in [-0.39, 0.29) is 11.7 Å². The molecule has 0 radical (unpaired) electrons. The minimum atomic E-state index is -4.54. The molecule has 0 aromatic carbocycles. The van der Waals surface area contributed by atoms with Crippen LogP contribution in [0.1, 0.15) is 18.6 Å². The summed E-state index contributed by atoms with van der Waals surface area (Å²) in [6.07, 6.45) is -3.38. The molecule has 1 aromatic rings. The first-order valence-corrected chi connectivity index (χ1v) is 4.03. The Balaban J connectivity index is 3.34. The third-order valence-electron chi connectivity index (χ3n) is 1.68. The summed E-state index contributed by atoms with van der Waals surface area (Å²) in [6.45, 7) is 6.15. The molecule has 4 nitrogen and oxygen atoms in total. The molecule has 0 amide bonds. The summed E-state index contributed by atoms with van der Waals surface area (Å²) in [5, 5.41) is 6.43. The second-order valence-electron chi connectivity index (χ2n) is 2.76. The maximum atomic E-state index is 12.5. The third kappa shape index (κ3) is 2.23. The summed E-state index contributed by atoms with van der Waals surface area (Å²) in [7, 11) is 0. The van der Waals surface area contributed by atoms with Gasteiger partial charge in [0.25, 0.3) is 0 Å². The van der Waals surface area contributed by atoms with Gasteiger partial charge in [-0.25, -0.2) is 4.99 Å². The predicted octanol–water partition coefficient (Wildman–Crippen LogP) is 2.02. The van der Waals surface area contributed by atoms with Crippen LogP contribution in [-0.4, -0.2) is 20.6 Å². The Morgan fingerprint density at radius 3 is 2.53 bits per heavy atom. The zero-order valence-corrected chi connectivity index (χ0v) is 8.21. The average Bonchev–Trinajstić information content (AvgIpc) is 2.46. The van der Waals surface area contributed by atoms with Crippen LogP contribution in [0.2, 0.25) is 0 Å². The van der Waals surface area contributed by atoms with Crippen molar-refractivity contribution in [3.05, 3.63) is 24.4 Å². The van der Waals surface area contributed by atoms with Gasteiger partial charge in [-0.2, -0.15) is 13.2 Å². The highest BCUT2D eigenvalue weighted by molar-refractivity contribution is 5.83. The molecule has 0 atom stereocenters. The zero-order valence-electron chi connectivity index (χ0n) is 8.21. The van der Waals surface area contributed by atoms with Gasteiger partial charge in [-0.15, -0.1) is 10.2 Å². The Morgan fingerprint density at radius 1 is 1.47 bits per heavy atom.